The van der Waals surface area contributed by atoms with Crippen LogP contribution in [0.3, 0.4) is 0 Å². The number of hydrogen-bond donors (Lipinski definition) is 3. The Morgan fingerprint density at radius 3 is 1.72 bits per heavy atom. The Kier molecular flexibility index (Phi) is 8.50. The topological polar surface area (TPSA) is 88.7 Å². The molecular formula is C25H27N3O4. The van der Waals surface area contributed by atoms with Crippen molar-refractivity contribution in [1.29, 1.82) is 0 Å². The van der Waals surface area contributed by atoms with Gasteiger partial charge < -0.3 is 25.4 Å². The van der Waals surface area contributed by atoms with Crippen molar-refractivity contribution in [3.8, 4) is 11.5 Å². The fourth-order valence-electron chi connectivity index (χ4n) is 2.78. The molecule has 32 heavy (non-hydrogen) atoms. The Morgan fingerprint density at radius 2 is 1.16 bits per heavy atom. The smallest absolute Gasteiger partial charge is 0.243 e. The average Bonchev–Trinajstić information content (AvgIpc) is 2.83. The first-order valence-corrected chi connectivity index (χ1v) is 10.5. The highest BCUT2D eigenvalue weighted by Crippen LogP contribution is 2.17. The standard InChI is InChI=1S/C25H27N3O4/c1-2-24(29)27-20-8-10-21(11-9-20)28-25(30)18-26-19-12-14-23(15-13-19)32-17-16-31-22-6-4-3-5-7-22/h3-15,26H,2,16-18H2,1H3,(H,27,29)(H,28,30). The van der Waals surface area contributed by atoms with Gasteiger partial charge in [0.05, 0.1) is 6.54 Å². The number of carbonyl (C=O) groups excluding carboxylic acids is 2. The number of rotatable bonds is 11. The molecule has 7 heteroatoms. The number of amides is 2. The highest BCUT2D eigenvalue weighted by Gasteiger charge is 2.04. The van der Waals surface area contributed by atoms with E-state index in [1.807, 2.05) is 54.6 Å². The zero-order valence-corrected chi connectivity index (χ0v) is 18.0. The van der Waals surface area contributed by atoms with Crippen molar-refractivity contribution >= 4 is 28.9 Å². The molecule has 0 heterocycles. The van der Waals surface area contributed by atoms with Crippen LogP contribution in [0.1, 0.15) is 13.3 Å². The number of ether oxygens (including phenoxy) is 2. The van der Waals surface area contributed by atoms with E-state index in [4.69, 9.17) is 9.47 Å². The molecule has 2 amide bonds. The zero-order valence-electron chi connectivity index (χ0n) is 18.0. The Labute approximate surface area is 187 Å². The van der Waals surface area contributed by atoms with Gasteiger partial charge in [0.1, 0.15) is 24.7 Å². The van der Waals surface area contributed by atoms with Gasteiger partial charge in [-0.25, -0.2) is 0 Å². The Bertz CT molecular complexity index is 990. The molecule has 0 atom stereocenters. The molecule has 3 rings (SSSR count). The summed E-state index contributed by atoms with van der Waals surface area (Å²) in [5.74, 6) is 1.32. The fourth-order valence-corrected chi connectivity index (χ4v) is 2.78. The van der Waals surface area contributed by atoms with Gasteiger partial charge in [-0.05, 0) is 60.7 Å². The predicted molar refractivity (Wildman–Crippen MR) is 126 cm³/mol. The second kappa shape index (κ2) is 12.0. The Hall–Kier alpha value is -4.00. The van der Waals surface area contributed by atoms with Crippen molar-refractivity contribution in [1.82, 2.24) is 0 Å². The SMILES string of the molecule is CCC(=O)Nc1ccc(NC(=O)CNc2ccc(OCCOc3ccccc3)cc2)cc1. The van der Waals surface area contributed by atoms with Crippen LogP contribution in [0.15, 0.2) is 78.9 Å². The van der Waals surface area contributed by atoms with Crippen molar-refractivity contribution in [2.75, 3.05) is 35.7 Å². The fraction of sp³-hybridized carbons (Fsp3) is 0.200. The maximum absolute atomic E-state index is 12.2. The number of benzene rings is 3. The van der Waals surface area contributed by atoms with E-state index in [1.165, 1.54) is 0 Å². The summed E-state index contributed by atoms with van der Waals surface area (Å²) in [5.41, 5.74) is 2.17. The summed E-state index contributed by atoms with van der Waals surface area (Å²) >= 11 is 0. The van der Waals surface area contributed by atoms with E-state index in [0.29, 0.717) is 31.0 Å². The van der Waals surface area contributed by atoms with Gasteiger partial charge in [0, 0.05) is 23.5 Å². The second-order valence-electron chi connectivity index (χ2n) is 6.92. The molecule has 166 valence electrons. The molecular weight excluding hydrogens is 406 g/mol. The quantitative estimate of drug-likeness (QED) is 0.386. The van der Waals surface area contributed by atoms with Crippen molar-refractivity contribution in [2.45, 2.75) is 13.3 Å². The van der Waals surface area contributed by atoms with Gasteiger partial charge in [-0.15, -0.1) is 0 Å². The third kappa shape index (κ3) is 7.68. The zero-order chi connectivity index (χ0) is 22.6. The van der Waals surface area contributed by atoms with Crippen molar-refractivity contribution in [3.63, 3.8) is 0 Å². The van der Waals surface area contributed by atoms with Crippen LogP contribution < -0.4 is 25.4 Å². The van der Waals surface area contributed by atoms with E-state index >= 15 is 0 Å². The van der Waals surface area contributed by atoms with Gasteiger partial charge in [0.25, 0.3) is 0 Å². The molecule has 0 saturated heterocycles. The van der Waals surface area contributed by atoms with E-state index in [-0.39, 0.29) is 18.4 Å². The molecule has 0 saturated carbocycles. The molecule has 3 N–H and O–H groups in total. The Morgan fingerprint density at radius 1 is 0.656 bits per heavy atom. The minimum absolute atomic E-state index is 0.0529. The van der Waals surface area contributed by atoms with Crippen LogP contribution in [0.25, 0.3) is 0 Å². The molecule has 0 aromatic heterocycles. The molecule has 0 aliphatic carbocycles. The molecule has 0 bridgehead atoms. The van der Waals surface area contributed by atoms with Gasteiger partial charge in [0.15, 0.2) is 0 Å². The first-order chi connectivity index (χ1) is 15.6. The van der Waals surface area contributed by atoms with E-state index in [0.717, 1.165) is 17.2 Å². The van der Waals surface area contributed by atoms with Crippen LogP contribution >= 0.6 is 0 Å². The lowest BCUT2D eigenvalue weighted by atomic mass is 10.2. The molecule has 0 fully saturated rings. The molecule has 7 nitrogen and oxygen atoms in total. The number of anilines is 3. The first kappa shape index (κ1) is 22.7. The molecule has 3 aromatic rings. The largest absolute Gasteiger partial charge is 0.490 e. The number of nitrogens with one attached hydrogen (secondary N) is 3. The molecule has 0 unspecified atom stereocenters. The van der Waals surface area contributed by atoms with Crippen LogP contribution in [0.4, 0.5) is 17.1 Å². The van der Waals surface area contributed by atoms with Crippen LogP contribution in [-0.2, 0) is 9.59 Å². The van der Waals surface area contributed by atoms with Crippen LogP contribution in [-0.4, -0.2) is 31.6 Å². The third-order valence-corrected chi connectivity index (χ3v) is 4.44. The summed E-state index contributed by atoms with van der Waals surface area (Å²) in [6.07, 6.45) is 0.417. The highest BCUT2D eigenvalue weighted by molar-refractivity contribution is 5.94. The van der Waals surface area contributed by atoms with Gasteiger partial charge in [0.2, 0.25) is 11.8 Å². The molecule has 0 aliphatic heterocycles. The van der Waals surface area contributed by atoms with Crippen LogP contribution in [0.5, 0.6) is 11.5 Å². The summed E-state index contributed by atoms with van der Waals surface area (Å²) in [5, 5.41) is 8.66. The average molecular weight is 434 g/mol. The van der Waals surface area contributed by atoms with Gasteiger partial charge in [-0.1, -0.05) is 25.1 Å². The molecule has 0 spiro atoms. The molecule has 3 aromatic carbocycles. The van der Waals surface area contributed by atoms with Crippen molar-refractivity contribution < 1.29 is 19.1 Å². The summed E-state index contributed by atoms with van der Waals surface area (Å²) < 4.78 is 11.3. The highest BCUT2D eigenvalue weighted by atomic mass is 16.5. The first-order valence-electron chi connectivity index (χ1n) is 10.5. The van der Waals surface area contributed by atoms with E-state index < -0.39 is 0 Å². The number of hydrogen-bond acceptors (Lipinski definition) is 5. The number of carbonyl (C=O) groups is 2. The van der Waals surface area contributed by atoms with Crippen molar-refractivity contribution in [2.24, 2.45) is 0 Å². The van der Waals surface area contributed by atoms with E-state index in [9.17, 15) is 9.59 Å². The molecule has 0 radical (unpaired) electrons. The van der Waals surface area contributed by atoms with Gasteiger partial charge in [-0.2, -0.15) is 0 Å². The lowest BCUT2D eigenvalue weighted by Crippen LogP contribution is -2.21. The summed E-state index contributed by atoms with van der Waals surface area (Å²) in [6.45, 7) is 2.81. The van der Waals surface area contributed by atoms with Crippen LogP contribution in [0, 0.1) is 0 Å². The maximum Gasteiger partial charge on any atom is 0.243 e. The third-order valence-electron chi connectivity index (χ3n) is 4.44. The Balaban J connectivity index is 1.36. The minimum Gasteiger partial charge on any atom is -0.490 e. The lowest BCUT2D eigenvalue weighted by molar-refractivity contribution is -0.116. The number of para-hydroxylation sites is 1. The molecule has 0 aliphatic rings. The van der Waals surface area contributed by atoms with Gasteiger partial charge in [-0.3, -0.25) is 9.59 Å². The normalized spacial score (nSPS) is 10.2. The van der Waals surface area contributed by atoms with Crippen molar-refractivity contribution in [3.05, 3.63) is 78.9 Å². The second-order valence-corrected chi connectivity index (χ2v) is 6.92. The summed E-state index contributed by atoms with van der Waals surface area (Å²) in [6, 6.07) is 24.0. The van der Waals surface area contributed by atoms with E-state index in [2.05, 4.69) is 16.0 Å². The summed E-state index contributed by atoms with van der Waals surface area (Å²) in [7, 11) is 0. The van der Waals surface area contributed by atoms with Crippen LogP contribution in [0.2, 0.25) is 0 Å². The predicted octanol–water partition coefficient (Wildman–Crippen LogP) is 4.54. The monoisotopic (exact) mass is 433 g/mol. The summed E-state index contributed by atoms with van der Waals surface area (Å²) in [4.78, 5) is 23.6. The minimum atomic E-state index is -0.172. The lowest BCUT2D eigenvalue weighted by Gasteiger charge is -2.11. The van der Waals surface area contributed by atoms with Gasteiger partial charge >= 0.3 is 0 Å². The maximum atomic E-state index is 12.2. The van der Waals surface area contributed by atoms with E-state index in [1.54, 1.807) is 31.2 Å².